The summed E-state index contributed by atoms with van der Waals surface area (Å²) >= 11 is 0. The van der Waals surface area contributed by atoms with E-state index in [2.05, 4.69) is 11.9 Å². The molecule has 1 aliphatic carbocycles. The summed E-state index contributed by atoms with van der Waals surface area (Å²) in [7, 11) is 0. The van der Waals surface area contributed by atoms with Gasteiger partial charge in [0.1, 0.15) is 0 Å². The molecule has 0 radical (unpaired) electrons. The van der Waals surface area contributed by atoms with Crippen molar-refractivity contribution >= 4 is 23.8 Å². The summed E-state index contributed by atoms with van der Waals surface area (Å²) in [4.78, 5) is 47.1. The molecule has 1 aromatic rings. The molecule has 0 unspecified atom stereocenters. The van der Waals surface area contributed by atoms with Gasteiger partial charge in [-0.05, 0) is 11.1 Å². The summed E-state index contributed by atoms with van der Waals surface area (Å²) in [5.41, 5.74) is 1.06. The Morgan fingerprint density at radius 3 is 1.96 bits per heavy atom. The lowest BCUT2D eigenvalue weighted by atomic mass is 10.1. The molecule has 8 nitrogen and oxygen atoms in total. The van der Waals surface area contributed by atoms with E-state index in [0.29, 0.717) is 0 Å². The van der Waals surface area contributed by atoms with Crippen molar-refractivity contribution < 1.29 is 33.4 Å². The van der Waals surface area contributed by atoms with Crippen LogP contribution in [0.15, 0.2) is 42.5 Å². The van der Waals surface area contributed by atoms with Crippen molar-refractivity contribution in [3.63, 3.8) is 0 Å². The van der Waals surface area contributed by atoms with Gasteiger partial charge in [-0.15, -0.1) is 0 Å². The highest BCUT2D eigenvalue weighted by Gasteiger charge is 2.52. The standard InChI is InChI=1S/C20H23NO7/c1-11-17(21-16(25)10-15-8-6-5-7-9-15)19(27-13(3)23)20(28-14(4)24)18(11)26-12(2)22/h5-9,17-20H,1,10H2,2-4H3,(H,21,25)/t17-,18+,19-,20+/m0/s1. The van der Waals surface area contributed by atoms with Crippen LogP contribution in [0.3, 0.4) is 0 Å². The lowest BCUT2D eigenvalue weighted by molar-refractivity contribution is -0.174. The maximum Gasteiger partial charge on any atom is 0.303 e. The zero-order valence-corrected chi connectivity index (χ0v) is 16.0. The molecule has 0 bridgehead atoms. The van der Waals surface area contributed by atoms with Crippen LogP contribution < -0.4 is 5.32 Å². The van der Waals surface area contributed by atoms with Gasteiger partial charge in [0.15, 0.2) is 18.3 Å². The Kier molecular flexibility index (Phi) is 6.92. The van der Waals surface area contributed by atoms with Crippen molar-refractivity contribution in [2.24, 2.45) is 0 Å². The van der Waals surface area contributed by atoms with Crippen LogP contribution in [-0.2, 0) is 39.8 Å². The number of carbonyl (C=O) groups is 4. The minimum Gasteiger partial charge on any atom is -0.456 e. The first-order chi connectivity index (χ1) is 13.2. The smallest absolute Gasteiger partial charge is 0.303 e. The molecule has 1 aromatic carbocycles. The van der Waals surface area contributed by atoms with Crippen LogP contribution in [0.25, 0.3) is 0 Å². The highest BCUT2D eigenvalue weighted by atomic mass is 16.6. The molecule has 1 fully saturated rings. The summed E-state index contributed by atoms with van der Waals surface area (Å²) in [5, 5.41) is 2.74. The Balaban J connectivity index is 2.25. The fourth-order valence-corrected chi connectivity index (χ4v) is 3.11. The maximum absolute atomic E-state index is 12.5. The average molecular weight is 389 g/mol. The molecule has 28 heavy (non-hydrogen) atoms. The van der Waals surface area contributed by atoms with Gasteiger partial charge >= 0.3 is 17.9 Å². The van der Waals surface area contributed by atoms with E-state index in [9.17, 15) is 19.2 Å². The molecule has 1 aliphatic rings. The third kappa shape index (κ3) is 5.42. The van der Waals surface area contributed by atoms with Crippen molar-refractivity contribution in [3.8, 4) is 0 Å². The number of rotatable bonds is 6. The summed E-state index contributed by atoms with van der Waals surface area (Å²) in [5.74, 6) is -2.26. The SMILES string of the molecule is C=C1[C@@H](OC(C)=O)[C@@H](OC(C)=O)[C@@H](OC(C)=O)[C@H]1NC(=O)Cc1ccccc1. The fourth-order valence-electron chi connectivity index (χ4n) is 3.11. The van der Waals surface area contributed by atoms with Crippen LogP contribution in [0.2, 0.25) is 0 Å². The Bertz CT molecular complexity index is 774. The molecule has 1 N–H and O–H groups in total. The normalized spacial score (nSPS) is 23.6. The summed E-state index contributed by atoms with van der Waals surface area (Å²) in [6.45, 7) is 7.44. The van der Waals surface area contributed by atoms with Gasteiger partial charge in [0, 0.05) is 20.8 Å². The first-order valence-corrected chi connectivity index (χ1v) is 8.72. The molecular formula is C20H23NO7. The zero-order valence-electron chi connectivity index (χ0n) is 16.0. The monoisotopic (exact) mass is 389 g/mol. The van der Waals surface area contributed by atoms with Crippen LogP contribution in [0, 0.1) is 0 Å². The fraction of sp³-hybridized carbons (Fsp3) is 0.400. The molecule has 4 atom stereocenters. The molecule has 0 heterocycles. The van der Waals surface area contributed by atoms with E-state index in [-0.39, 0.29) is 17.9 Å². The van der Waals surface area contributed by atoms with Crippen molar-refractivity contribution in [2.45, 2.75) is 51.5 Å². The van der Waals surface area contributed by atoms with Gasteiger partial charge in [-0.25, -0.2) is 0 Å². The first kappa shape index (κ1) is 21.1. The molecule has 8 heteroatoms. The highest BCUT2D eigenvalue weighted by Crippen LogP contribution is 2.33. The number of ether oxygens (including phenoxy) is 3. The van der Waals surface area contributed by atoms with E-state index in [4.69, 9.17) is 14.2 Å². The second-order valence-electron chi connectivity index (χ2n) is 6.46. The topological polar surface area (TPSA) is 108 Å². The largest absolute Gasteiger partial charge is 0.456 e. The van der Waals surface area contributed by atoms with Crippen LogP contribution in [0.1, 0.15) is 26.3 Å². The van der Waals surface area contributed by atoms with Crippen LogP contribution in [0.5, 0.6) is 0 Å². The van der Waals surface area contributed by atoms with Gasteiger partial charge in [0.2, 0.25) is 5.91 Å². The molecule has 150 valence electrons. The lowest BCUT2D eigenvalue weighted by Crippen LogP contribution is -2.47. The van der Waals surface area contributed by atoms with Gasteiger partial charge in [-0.1, -0.05) is 36.9 Å². The predicted molar refractivity (Wildman–Crippen MR) is 97.9 cm³/mol. The number of hydrogen-bond acceptors (Lipinski definition) is 7. The average Bonchev–Trinajstić information content (AvgIpc) is 2.80. The van der Waals surface area contributed by atoms with Crippen molar-refractivity contribution in [1.82, 2.24) is 5.32 Å². The number of nitrogens with one attached hydrogen (secondary N) is 1. The Hall–Kier alpha value is -3.16. The van der Waals surface area contributed by atoms with Gasteiger partial charge < -0.3 is 19.5 Å². The lowest BCUT2D eigenvalue weighted by Gasteiger charge is -2.25. The third-order valence-electron chi connectivity index (χ3n) is 4.14. The van der Waals surface area contributed by atoms with Crippen LogP contribution in [-0.4, -0.2) is 48.2 Å². The van der Waals surface area contributed by atoms with Crippen LogP contribution in [0.4, 0.5) is 0 Å². The highest BCUT2D eigenvalue weighted by molar-refractivity contribution is 5.80. The van der Waals surface area contributed by atoms with E-state index in [1.54, 1.807) is 12.1 Å². The second kappa shape index (κ2) is 9.16. The second-order valence-corrected chi connectivity index (χ2v) is 6.46. The maximum atomic E-state index is 12.5. The summed E-state index contributed by atoms with van der Waals surface area (Å²) in [6, 6.07) is 8.18. The molecule has 0 aromatic heterocycles. The minimum absolute atomic E-state index is 0.0911. The molecule has 1 saturated carbocycles. The van der Waals surface area contributed by atoms with Crippen molar-refractivity contribution in [2.75, 3.05) is 0 Å². The molecular weight excluding hydrogens is 366 g/mol. The predicted octanol–water partition coefficient (Wildman–Crippen LogP) is 1.08. The quantitative estimate of drug-likeness (QED) is 0.441. The zero-order chi connectivity index (χ0) is 20.8. The van der Waals surface area contributed by atoms with Gasteiger partial charge in [0.25, 0.3) is 0 Å². The van der Waals surface area contributed by atoms with Crippen molar-refractivity contribution in [1.29, 1.82) is 0 Å². The minimum atomic E-state index is -1.11. The molecule has 0 saturated heterocycles. The Morgan fingerprint density at radius 2 is 1.43 bits per heavy atom. The molecule has 2 rings (SSSR count). The number of hydrogen-bond donors (Lipinski definition) is 1. The van der Waals surface area contributed by atoms with Crippen molar-refractivity contribution in [3.05, 3.63) is 48.0 Å². The Labute approximate surface area is 162 Å². The van der Waals surface area contributed by atoms with E-state index in [1.807, 2.05) is 18.2 Å². The number of esters is 3. The van der Waals surface area contributed by atoms with E-state index < -0.39 is 42.3 Å². The van der Waals surface area contributed by atoms with Gasteiger partial charge in [-0.2, -0.15) is 0 Å². The van der Waals surface area contributed by atoms with E-state index >= 15 is 0 Å². The number of benzene rings is 1. The summed E-state index contributed by atoms with van der Waals surface area (Å²) < 4.78 is 15.7. The van der Waals surface area contributed by atoms with Crippen LogP contribution >= 0.6 is 0 Å². The Morgan fingerprint density at radius 1 is 0.893 bits per heavy atom. The number of carbonyl (C=O) groups excluding carboxylic acids is 4. The van der Waals surface area contributed by atoms with Gasteiger partial charge in [0.05, 0.1) is 12.5 Å². The molecule has 0 aliphatic heterocycles. The van der Waals surface area contributed by atoms with Gasteiger partial charge in [-0.3, -0.25) is 19.2 Å². The summed E-state index contributed by atoms with van der Waals surface area (Å²) in [6.07, 6.45) is -3.14. The molecule has 1 amide bonds. The third-order valence-corrected chi connectivity index (χ3v) is 4.14. The molecule has 0 spiro atoms. The first-order valence-electron chi connectivity index (χ1n) is 8.72. The number of amides is 1. The van der Waals surface area contributed by atoms with E-state index in [0.717, 1.165) is 5.56 Å². The van der Waals surface area contributed by atoms with E-state index in [1.165, 1.54) is 20.8 Å².